The Labute approximate surface area is 167 Å². The average molecular weight is 400 g/mol. The molecule has 0 unspecified atom stereocenters. The Hall–Kier alpha value is -2.78. The lowest BCUT2D eigenvalue weighted by molar-refractivity contribution is 0.286. The first-order chi connectivity index (χ1) is 13.4. The van der Waals surface area contributed by atoms with Crippen molar-refractivity contribution >= 4 is 15.9 Å². The Kier molecular flexibility index (Phi) is 7.65. The van der Waals surface area contributed by atoms with Crippen LogP contribution in [0, 0.1) is 18.3 Å². The Bertz CT molecular complexity index is 971. The molecule has 0 aliphatic carbocycles. The fourth-order valence-corrected chi connectivity index (χ4v) is 3.75. The van der Waals surface area contributed by atoms with Crippen LogP contribution in [0.4, 0.5) is 0 Å². The predicted octanol–water partition coefficient (Wildman–Crippen LogP) is 4.91. The summed E-state index contributed by atoms with van der Waals surface area (Å²) in [5, 5.41) is 9.43. The lowest BCUT2D eigenvalue weighted by atomic mass is 10.2. The highest BCUT2D eigenvalue weighted by Crippen LogP contribution is 2.30. The molecule has 2 aromatic carbocycles. The highest BCUT2D eigenvalue weighted by molar-refractivity contribution is 7.95. The van der Waals surface area contributed by atoms with Gasteiger partial charge in [-0.15, -0.1) is 0 Å². The van der Waals surface area contributed by atoms with Gasteiger partial charge in [-0.1, -0.05) is 43.5 Å². The van der Waals surface area contributed by atoms with Crippen LogP contribution >= 0.6 is 0 Å². The quantitative estimate of drug-likeness (QED) is 0.442. The molecule has 0 amide bonds. The Balaban J connectivity index is 2.31. The Morgan fingerprint density at radius 2 is 1.82 bits per heavy atom. The summed E-state index contributed by atoms with van der Waals surface area (Å²) in [6.45, 7) is 4.58. The molecular formula is C22H25NO4S. The standard InChI is InChI=1S/C22H25NO4S/c1-4-5-6-13-27-21-12-9-18(15-22(21)26-3)14-20(16-23)28(24,25)19-10-7-17(2)8-11-19/h7-12,14-15H,4-6,13H2,1-3H3/b20-14-. The monoisotopic (exact) mass is 399 g/mol. The number of hydrogen-bond donors (Lipinski definition) is 0. The van der Waals surface area contributed by atoms with E-state index in [4.69, 9.17) is 9.47 Å². The molecule has 2 rings (SSSR count). The largest absolute Gasteiger partial charge is 0.493 e. The van der Waals surface area contributed by atoms with Crippen LogP contribution < -0.4 is 9.47 Å². The van der Waals surface area contributed by atoms with E-state index in [0.29, 0.717) is 23.7 Å². The number of hydrogen-bond acceptors (Lipinski definition) is 5. The van der Waals surface area contributed by atoms with Crippen molar-refractivity contribution in [2.45, 2.75) is 38.0 Å². The van der Waals surface area contributed by atoms with Crippen molar-refractivity contribution in [2.24, 2.45) is 0 Å². The second-order valence-electron chi connectivity index (χ2n) is 6.40. The van der Waals surface area contributed by atoms with Crippen LogP contribution in [-0.4, -0.2) is 22.1 Å². The number of ether oxygens (including phenoxy) is 2. The normalized spacial score (nSPS) is 11.7. The number of methoxy groups -OCH3 is 1. The first-order valence-corrected chi connectivity index (χ1v) is 10.6. The molecule has 0 radical (unpaired) electrons. The second kappa shape index (κ2) is 9.95. The number of benzene rings is 2. The summed E-state index contributed by atoms with van der Waals surface area (Å²) in [6, 6.07) is 13.3. The lowest BCUT2D eigenvalue weighted by Gasteiger charge is -2.11. The minimum Gasteiger partial charge on any atom is -0.493 e. The third-order valence-corrected chi connectivity index (χ3v) is 5.90. The summed E-state index contributed by atoms with van der Waals surface area (Å²) in [4.78, 5) is -0.233. The fourth-order valence-electron chi connectivity index (χ4n) is 2.59. The molecule has 5 nitrogen and oxygen atoms in total. The van der Waals surface area contributed by atoms with E-state index in [1.54, 1.807) is 36.4 Å². The van der Waals surface area contributed by atoms with Gasteiger partial charge in [0.25, 0.3) is 0 Å². The van der Waals surface area contributed by atoms with Crippen LogP contribution in [0.3, 0.4) is 0 Å². The number of nitrogens with zero attached hydrogens (tertiary/aromatic N) is 1. The molecule has 0 aliphatic heterocycles. The lowest BCUT2D eigenvalue weighted by Crippen LogP contribution is -2.03. The number of aryl methyl sites for hydroxylation is 1. The van der Waals surface area contributed by atoms with Crippen LogP contribution in [0.25, 0.3) is 6.08 Å². The fraction of sp³-hybridized carbons (Fsp3) is 0.318. The average Bonchev–Trinajstić information content (AvgIpc) is 2.70. The summed E-state index contributed by atoms with van der Waals surface area (Å²) in [5.41, 5.74) is 1.49. The number of rotatable bonds is 9. The van der Waals surface area contributed by atoms with Gasteiger partial charge in [0.2, 0.25) is 9.84 Å². The summed E-state index contributed by atoms with van der Waals surface area (Å²) in [6.07, 6.45) is 4.50. The third kappa shape index (κ3) is 5.37. The Morgan fingerprint density at radius 1 is 1.11 bits per heavy atom. The van der Waals surface area contributed by atoms with Crippen molar-refractivity contribution in [3.63, 3.8) is 0 Å². The number of allylic oxidation sites excluding steroid dienone is 1. The molecule has 0 saturated heterocycles. The molecule has 148 valence electrons. The first kappa shape index (κ1) is 21.5. The van der Waals surface area contributed by atoms with Crippen molar-refractivity contribution in [2.75, 3.05) is 13.7 Å². The maximum Gasteiger partial charge on any atom is 0.216 e. The van der Waals surface area contributed by atoms with Gasteiger partial charge in [0.1, 0.15) is 11.0 Å². The SMILES string of the molecule is CCCCCOc1ccc(/C=C(/C#N)S(=O)(=O)c2ccc(C)cc2)cc1OC. The summed E-state index contributed by atoms with van der Waals surface area (Å²) >= 11 is 0. The van der Waals surface area contributed by atoms with E-state index in [9.17, 15) is 13.7 Å². The van der Waals surface area contributed by atoms with E-state index >= 15 is 0 Å². The molecule has 6 heteroatoms. The van der Waals surface area contributed by atoms with Gasteiger partial charge in [-0.2, -0.15) is 5.26 Å². The van der Waals surface area contributed by atoms with Gasteiger partial charge in [-0.05, 0) is 49.2 Å². The van der Waals surface area contributed by atoms with E-state index in [1.165, 1.54) is 25.3 Å². The van der Waals surface area contributed by atoms with Crippen LogP contribution in [0.1, 0.15) is 37.3 Å². The molecule has 0 fully saturated rings. The first-order valence-electron chi connectivity index (χ1n) is 9.16. The summed E-state index contributed by atoms with van der Waals surface area (Å²) in [5.74, 6) is 1.09. The molecule has 28 heavy (non-hydrogen) atoms. The highest BCUT2D eigenvalue weighted by atomic mass is 32.2. The zero-order valence-electron chi connectivity index (χ0n) is 16.4. The maximum atomic E-state index is 12.8. The smallest absolute Gasteiger partial charge is 0.216 e. The van der Waals surface area contributed by atoms with Gasteiger partial charge in [0.15, 0.2) is 11.5 Å². The highest BCUT2D eigenvalue weighted by Gasteiger charge is 2.21. The molecule has 2 aromatic rings. The van der Waals surface area contributed by atoms with Gasteiger partial charge < -0.3 is 9.47 Å². The van der Waals surface area contributed by atoms with E-state index in [2.05, 4.69) is 6.92 Å². The topological polar surface area (TPSA) is 76.4 Å². The van der Waals surface area contributed by atoms with Crippen molar-refractivity contribution < 1.29 is 17.9 Å². The van der Waals surface area contributed by atoms with Crippen molar-refractivity contribution in [1.29, 1.82) is 5.26 Å². The van der Waals surface area contributed by atoms with Gasteiger partial charge in [-0.25, -0.2) is 8.42 Å². The summed E-state index contributed by atoms with van der Waals surface area (Å²) in [7, 11) is -2.36. The third-order valence-electron chi connectivity index (χ3n) is 4.22. The van der Waals surface area contributed by atoms with E-state index in [1.807, 2.05) is 6.92 Å². The summed E-state index contributed by atoms with van der Waals surface area (Å²) < 4.78 is 36.6. The van der Waals surface area contributed by atoms with Crippen molar-refractivity contribution in [3.8, 4) is 17.6 Å². The van der Waals surface area contributed by atoms with Crippen LogP contribution in [0.15, 0.2) is 52.3 Å². The predicted molar refractivity (Wildman–Crippen MR) is 110 cm³/mol. The Morgan fingerprint density at radius 3 is 2.43 bits per heavy atom. The van der Waals surface area contributed by atoms with Gasteiger partial charge in [-0.3, -0.25) is 0 Å². The minimum absolute atomic E-state index is 0.0914. The zero-order valence-corrected chi connectivity index (χ0v) is 17.3. The zero-order chi connectivity index (χ0) is 20.6. The van der Waals surface area contributed by atoms with Crippen LogP contribution in [0.2, 0.25) is 0 Å². The van der Waals surface area contributed by atoms with Gasteiger partial charge >= 0.3 is 0 Å². The van der Waals surface area contributed by atoms with E-state index in [0.717, 1.165) is 24.8 Å². The van der Waals surface area contributed by atoms with Gasteiger partial charge in [0, 0.05) is 0 Å². The molecule has 0 saturated carbocycles. The number of unbranched alkanes of at least 4 members (excludes halogenated alkanes) is 2. The van der Waals surface area contributed by atoms with Crippen LogP contribution in [-0.2, 0) is 9.84 Å². The molecule has 0 spiro atoms. The van der Waals surface area contributed by atoms with E-state index < -0.39 is 9.84 Å². The molecule has 0 atom stereocenters. The number of sulfone groups is 1. The van der Waals surface area contributed by atoms with E-state index in [-0.39, 0.29) is 9.80 Å². The van der Waals surface area contributed by atoms with Gasteiger partial charge in [0.05, 0.1) is 18.6 Å². The maximum absolute atomic E-state index is 12.8. The number of nitriles is 1. The minimum atomic E-state index is -3.89. The van der Waals surface area contributed by atoms with Crippen LogP contribution in [0.5, 0.6) is 11.5 Å². The molecular weight excluding hydrogens is 374 g/mol. The molecule has 0 N–H and O–H groups in total. The van der Waals surface area contributed by atoms with Crippen molar-refractivity contribution in [1.82, 2.24) is 0 Å². The second-order valence-corrected chi connectivity index (χ2v) is 8.32. The molecule has 0 aliphatic rings. The van der Waals surface area contributed by atoms with Crippen molar-refractivity contribution in [3.05, 3.63) is 58.5 Å². The molecule has 0 aromatic heterocycles. The molecule has 0 bridgehead atoms. The molecule has 0 heterocycles.